The normalized spacial score (nSPS) is 33.3. The van der Waals surface area contributed by atoms with E-state index in [9.17, 15) is 0 Å². The van der Waals surface area contributed by atoms with Crippen molar-refractivity contribution in [3.8, 4) is 0 Å². The Labute approximate surface area is 57.0 Å². The van der Waals surface area contributed by atoms with E-state index in [1.165, 1.54) is 6.42 Å². The zero-order valence-electron chi connectivity index (χ0n) is 6.30. The van der Waals surface area contributed by atoms with Crippen LogP contribution < -0.4 is 5.73 Å². The molecule has 1 saturated carbocycles. The predicted octanol–water partition coefficient (Wildman–Crippen LogP) is 0.285. The maximum absolute atomic E-state index is 5.40. The van der Waals surface area contributed by atoms with Crippen LogP contribution in [0.25, 0.3) is 0 Å². The fourth-order valence-corrected chi connectivity index (χ4v) is 1.29. The molecule has 0 heterocycles. The fraction of sp³-hybridized carbons (Fsp3) is 1.00. The summed E-state index contributed by atoms with van der Waals surface area (Å²) in [6.07, 6.45) is 1.37. The second-order valence-electron chi connectivity index (χ2n) is 3.05. The highest BCUT2D eigenvalue weighted by Crippen LogP contribution is 2.33. The van der Waals surface area contributed by atoms with Gasteiger partial charge < -0.3 is 10.6 Å². The molecule has 0 radical (unpaired) electrons. The van der Waals surface area contributed by atoms with E-state index in [4.69, 9.17) is 5.73 Å². The van der Waals surface area contributed by atoms with Crippen LogP contribution in [0.2, 0.25) is 0 Å². The minimum Gasteiger partial charge on any atom is -0.329 e. The standard InChI is InChI=1S/C7H16N2/c1-6-5-7(6)9(2)4-3-8/h6-7H,3-5,8H2,1-2H3. The van der Waals surface area contributed by atoms with Crippen LogP contribution >= 0.6 is 0 Å². The van der Waals surface area contributed by atoms with Crippen molar-refractivity contribution < 1.29 is 0 Å². The summed E-state index contributed by atoms with van der Waals surface area (Å²) in [5.74, 6) is 0.918. The Kier molecular flexibility index (Phi) is 2.09. The van der Waals surface area contributed by atoms with E-state index in [1.54, 1.807) is 0 Å². The van der Waals surface area contributed by atoms with Crippen molar-refractivity contribution in [3.05, 3.63) is 0 Å². The molecule has 2 unspecified atom stereocenters. The smallest absolute Gasteiger partial charge is 0.0122 e. The van der Waals surface area contributed by atoms with E-state index >= 15 is 0 Å². The lowest BCUT2D eigenvalue weighted by atomic mass is 10.4. The maximum atomic E-state index is 5.40. The van der Waals surface area contributed by atoms with E-state index in [0.29, 0.717) is 0 Å². The van der Waals surface area contributed by atoms with Gasteiger partial charge in [-0.05, 0) is 19.4 Å². The fourth-order valence-electron chi connectivity index (χ4n) is 1.29. The minimum absolute atomic E-state index is 0.791. The van der Waals surface area contributed by atoms with Gasteiger partial charge in [-0.1, -0.05) is 6.92 Å². The molecule has 54 valence electrons. The highest BCUT2D eigenvalue weighted by molar-refractivity contribution is 4.90. The molecule has 2 heteroatoms. The van der Waals surface area contributed by atoms with Crippen molar-refractivity contribution in [3.63, 3.8) is 0 Å². The summed E-state index contributed by atoms with van der Waals surface area (Å²) in [5, 5.41) is 0. The van der Waals surface area contributed by atoms with Gasteiger partial charge in [0.05, 0.1) is 0 Å². The van der Waals surface area contributed by atoms with Gasteiger partial charge in [0.1, 0.15) is 0 Å². The molecule has 2 nitrogen and oxygen atoms in total. The summed E-state index contributed by atoms with van der Waals surface area (Å²) in [6.45, 7) is 4.13. The Morgan fingerprint density at radius 1 is 1.67 bits per heavy atom. The van der Waals surface area contributed by atoms with Gasteiger partial charge >= 0.3 is 0 Å². The average molecular weight is 128 g/mol. The van der Waals surface area contributed by atoms with Crippen LogP contribution in [-0.4, -0.2) is 31.1 Å². The molecule has 0 spiro atoms. The minimum atomic E-state index is 0.791. The number of nitrogens with two attached hydrogens (primary N) is 1. The molecule has 9 heavy (non-hydrogen) atoms. The van der Waals surface area contributed by atoms with Crippen molar-refractivity contribution >= 4 is 0 Å². The Morgan fingerprint density at radius 3 is 2.56 bits per heavy atom. The van der Waals surface area contributed by atoms with Gasteiger partial charge in [-0.15, -0.1) is 0 Å². The lowest BCUT2D eigenvalue weighted by Crippen LogP contribution is -2.28. The quantitative estimate of drug-likeness (QED) is 0.591. The number of hydrogen-bond acceptors (Lipinski definition) is 2. The average Bonchev–Trinajstić information content (AvgIpc) is 2.47. The lowest BCUT2D eigenvalue weighted by molar-refractivity contribution is 0.321. The first kappa shape index (κ1) is 7.03. The molecule has 0 aromatic heterocycles. The first-order valence-electron chi connectivity index (χ1n) is 3.66. The number of rotatable bonds is 3. The van der Waals surface area contributed by atoms with Crippen molar-refractivity contribution in [2.45, 2.75) is 19.4 Å². The van der Waals surface area contributed by atoms with Crippen LogP contribution in [0.1, 0.15) is 13.3 Å². The summed E-state index contributed by atoms with van der Waals surface area (Å²) in [6, 6.07) is 0.841. The van der Waals surface area contributed by atoms with Gasteiger partial charge in [0.15, 0.2) is 0 Å². The van der Waals surface area contributed by atoms with Crippen LogP contribution in [0.3, 0.4) is 0 Å². The van der Waals surface area contributed by atoms with Crippen molar-refractivity contribution in [1.29, 1.82) is 0 Å². The number of likely N-dealkylation sites (N-methyl/N-ethyl adjacent to an activating group) is 1. The molecule has 0 aromatic rings. The first-order valence-corrected chi connectivity index (χ1v) is 3.66. The van der Waals surface area contributed by atoms with Crippen LogP contribution in [0.4, 0.5) is 0 Å². The molecule has 1 rings (SSSR count). The third-order valence-corrected chi connectivity index (χ3v) is 2.11. The molecule has 1 fully saturated rings. The number of nitrogens with zero attached hydrogens (tertiary/aromatic N) is 1. The molecule has 0 saturated heterocycles. The molecule has 0 amide bonds. The van der Waals surface area contributed by atoms with E-state index in [0.717, 1.165) is 25.0 Å². The Morgan fingerprint density at radius 2 is 2.22 bits per heavy atom. The van der Waals surface area contributed by atoms with Gasteiger partial charge in [-0.2, -0.15) is 0 Å². The Hall–Kier alpha value is -0.0800. The lowest BCUT2D eigenvalue weighted by Gasteiger charge is -2.13. The summed E-state index contributed by atoms with van der Waals surface area (Å²) in [7, 11) is 2.15. The zero-order chi connectivity index (χ0) is 6.85. The highest BCUT2D eigenvalue weighted by atomic mass is 15.2. The van der Waals surface area contributed by atoms with Crippen LogP contribution in [0, 0.1) is 5.92 Å². The second kappa shape index (κ2) is 2.67. The zero-order valence-corrected chi connectivity index (χ0v) is 6.30. The van der Waals surface area contributed by atoms with Gasteiger partial charge in [0.25, 0.3) is 0 Å². The van der Waals surface area contributed by atoms with Crippen LogP contribution in [-0.2, 0) is 0 Å². The molecular weight excluding hydrogens is 112 g/mol. The summed E-state index contributed by atoms with van der Waals surface area (Å²) in [5.41, 5.74) is 5.40. The number of hydrogen-bond donors (Lipinski definition) is 1. The Bertz CT molecular complexity index is 92.9. The molecule has 2 atom stereocenters. The topological polar surface area (TPSA) is 29.3 Å². The maximum Gasteiger partial charge on any atom is 0.0122 e. The largest absolute Gasteiger partial charge is 0.329 e. The highest BCUT2D eigenvalue weighted by Gasteiger charge is 2.35. The second-order valence-corrected chi connectivity index (χ2v) is 3.05. The van der Waals surface area contributed by atoms with Crippen molar-refractivity contribution in [2.24, 2.45) is 11.7 Å². The summed E-state index contributed by atoms with van der Waals surface area (Å²) >= 11 is 0. The molecule has 0 bridgehead atoms. The van der Waals surface area contributed by atoms with Gasteiger partial charge in [0.2, 0.25) is 0 Å². The van der Waals surface area contributed by atoms with Crippen LogP contribution in [0.5, 0.6) is 0 Å². The SMILES string of the molecule is CC1CC1N(C)CCN. The summed E-state index contributed by atoms with van der Waals surface area (Å²) < 4.78 is 0. The Balaban J connectivity index is 2.11. The van der Waals surface area contributed by atoms with E-state index in [-0.39, 0.29) is 0 Å². The first-order chi connectivity index (χ1) is 4.25. The third-order valence-electron chi connectivity index (χ3n) is 2.11. The molecular formula is C7H16N2. The van der Waals surface area contributed by atoms with E-state index in [2.05, 4.69) is 18.9 Å². The third kappa shape index (κ3) is 1.66. The molecule has 2 N–H and O–H groups in total. The molecule has 1 aliphatic rings. The van der Waals surface area contributed by atoms with E-state index < -0.39 is 0 Å². The molecule has 0 aliphatic heterocycles. The predicted molar refractivity (Wildman–Crippen MR) is 39.3 cm³/mol. The van der Waals surface area contributed by atoms with E-state index in [1.807, 2.05) is 0 Å². The van der Waals surface area contributed by atoms with Crippen molar-refractivity contribution in [2.75, 3.05) is 20.1 Å². The van der Waals surface area contributed by atoms with Gasteiger partial charge in [-0.3, -0.25) is 0 Å². The molecule has 0 aromatic carbocycles. The monoisotopic (exact) mass is 128 g/mol. The van der Waals surface area contributed by atoms with Crippen LogP contribution in [0.15, 0.2) is 0 Å². The van der Waals surface area contributed by atoms with Gasteiger partial charge in [0, 0.05) is 19.1 Å². The summed E-state index contributed by atoms with van der Waals surface area (Å²) in [4.78, 5) is 2.35. The molecule has 1 aliphatic carbocycles. The van der Waals surface area contributed by atoms with Crippen molar-refractivity contribution in [1.82, 2.24) is 4.90 Å². The van der Waals surface area contributed by atoms with Gasteiger partial charge in [-0.25, -0.2) is 0 Å².